The number of halogens is 1. The van der Waals surface area contributed by atoms with E-state index in [4.69, 9.17) is 0 Å². The van der Waals surface area contributed by atoms with E-state index in [1.165, 1.54) is 19.0 Å². The van der Waals surface area contributed by atoms with E-state index in [1.54, 1.807) is 12.3 Å². The molecule has 2 nitrogen and oxygen atoms in total. The highest BCUT2D eigenvalue weighted by Crippen LogP contribution is 2.42. The molecular formula is C12H17FN2. The Balaban J connectivity index is 2.21. The zero-order chi connectivity index (χ0) is 10.8. The molecule has 3 heteroatoms. The van der Waals surface area contributed by atoms with Crippen molar-refractivity contribution in [3.63, 3.8) is 0 Å². The molecule has 82 valence electrons. The molecule has 15 heavy (non-hydrogen) atoms. The van der Waals surface area contributed by atoms with E-state index in [0.717, 1.165) is 11.5 Å². The highest BCUT2D eigenvalue weighted by Gasteiger charge is 2.34. The molecule has 1 saturated carbocycles. The van der Waals surface area contributed by atoms with Crippen molar-refractivity contribution in [3.8, 4) is 0 Å². The van der Waals surface area contributed by atoms with Crippen LogP contribution in [0, 0.1) is 17.7 Å². The average molecular weight is 208 g/mol. The molecule has 1 N–H and O–H groups in total. The minimum Gasteiger partial charge on any atom is -0.313 e. The first-order chi connectivity index (χ1) is 7.24. The molecule has 0 spiro atoms. The minimum absolute atomic E-state index is 0.112. The Kier molecular flexibility index (Phi) is 3.00. The van der Waals surface area contributed by atoms with Gasteiger partial charge in [0.1, 0.15) is 5.82 Å². The van der Waals surface area contributed by atoms with Crippen LogP contribution in [0.1, 0.15) is 31.4 Å². The van der Waals surface area contributed by atoms with Crippen molar-refractivity contribution in [2.45, 2.75) is 25.8 Å². The first kappa shape index (κ1) is 10.6. The smallest absolute Gasteiger partial charge is 0.146 e. The summed E-state index contributed by atoms with van der Waals surface area (Å²) in [5, 5.41) is 3.21. The first-order valence-electron chi connectivity index (χ1n) is 5.50. The maximum absolute atomic E-state index is 13.6. The molecule has 0 amide bonds. The number of rotatable bonds is 4. The topological polar surface area (TPSA) is 24.9 Å². The molecule has 0 bridgehead atoms. The van der Waals surface area contributed by atoms with E-state index in [-0.39, 0.29) is 11.9 Å². The fraction of sp³-hybridized carbons (Fsp3) is 0.583. The third kappa shape index (κ3) is 2.17. The van der Waals surface area contributed by atoms with Gasteiger partial charge in [-0.3, -0.25) is 4.98 Å². The van der Waals surface area contributed by atoms with Gasteiger partial charge in [0, 0.05) is 17.8 Å². The van der Waals surface area contributed by atoms with Crippen LogP contribution in [0.3, 0.4) is 0 Å². The summed E-state index contributed by atoms with van der Waals surface area (Å²) in [6, 6.07) is 1.88. The van der Waals surface area contributed by atoms with E-state index in [1.807, 2.05) is 7.05 Å². The van der Waals surface area contributed by atoms with Crippen molar-refractivity contribution >= 4 is 0 Å². The third-order valence-corrected chi connectivity index (χ3v) is 3.34. The van der Waals surface area contributed by atoms with Gasteiger partial charge in [-0.25, -0.2) is 4.39 Å². The Labute approximate surface area is 89.9 Å². The SMILES string of the molecule is CNC(c1ccncc1F)C(C)C1CC1. The second kappa shape index (κ2) is 4.27. The predicted octanol–water partition coefficient (Wildman–Crippen LogP) is 2.53. The maximum Gasteiger partial charge on any atom is 0.146 e. The van der Waals surface area contributed by atoms with Crippen LogP contribution in [0.2, 0.25) is 0 Å². The van der Waals surface area contributed by atoms with Crippen LogP contribution in [0.15, 0.2) is 18.5 Å². The van der Waals surface area contributed by atoms with Crippen LogP contribution < -0.4 is 5.32 Å². The average Bonchev–Trinajstić information content (AvgIpc) is 3.05. The molecule has 0 saturated heterocycles. The summed E-state index contributed by atoms with van der Waals surface area (Å²) in [5.41, 5.74) is 0.743. The monoisotopic (exact) mass is 208 g/mol. The summed E-state index contributed by atoms with van der Waals surface area (Å²) in [7, 11) is 1.89. The molecule has 0 aliphatic heterocycles. The molecule has 2 atom stereocenters. The van der Waals surface area contributed by atoms with Crippen molar-refractivity contribution in [3.05, 3.63) is 29.8 Å². The standard InChI is InChI=1S/C12H17FN2/c1-8(9-3-4-9)12(14-2)10-5-6-15-7-11(10)13/h5-9,12,14H,3-4H2,1-2H3. The summed E-state index contributed by atoms with van der Waals surface area (Å²) in [5.74, 6) is 1.05. The summed E-state index contributed by atoms with van der Waals surface area (Å²) in [6.07, 6.45) is 5.51. The van der Waals surface area contributed by atoms with Gasteiger partial charge < -0.3 is 5.32 Å². The molecule has 1 heterocycles. The quantitative estimate of drug-likeness (QED) is 0.822. The molecule has 0 radical (unpaired) electrons. The molecule has 2 rings (SSSR count). The van der Waals surface area contributed by atoms with Gasteiger partial charge in [0.2, 0.25) is 0 Å². The molecule has 0 aromatic carbocycles. The van der Waals surface area contributed by atoms with Gasteiger partial charge in [-0.2, -0.15) is 0 Å². The number of aromatic nitrogens is 1. The molecule has 1 fully saturated rings. The van der Waals surface area contributed by atoms with Gasteiger partial charge in [0.25, 0.3) is 0 Å². The summed E-state index contributed by atoms with van der Waals surface area (Å²) < 4.78 is 13.6. The summed E-state index contributed by atoms with van der Waals surface area (Å²) in [6.45, 7) is 2.19. The lowest BCUT2D eigenvalue weighted by Gasteiger charge is -2.24. The highest BCUT2D eigenvalue weighted by atomic mass is 19.1. The highest BCUT2D eigenvalue weighted by molar-refractivity contribution is 5.18. The van der Waals surface area contributed by atoms with Crippen LogP contribution >= 0.6 is 0 Å². The third-order valence-electron chi connectivity index (χ3n) is 3.34. The molecule has 1 aromatic rings. The molecule has 1 aliphatic carbocycles. The van der Waals surface area contributed by atoms with Gasteiger partial charge in [0.15, 0.2) is 0 Å². The summed E-state index contributed by atoms with van der Waals surface area (Å²) >= 11 is 0. The maximum atomic E-state index is 13.6. The van der Waals surface area contributed by atoms with Gasteiger partial charge in [-0.1, -0.05) is 6.92 Å². The van der Waals surface area contributed by atoms with Crippen LogP contribution in [-0.4, -0.2) is 12.0 Å². The number of hydrogen-bond acceptors (Lipinski definition) is 2. The zero-order valence-electron chi connectivity index (χ0n) is 9.20. The Morgan fingerprint density at radius 1 is 1.53 bits per heavy atom. The number of nitrogens with zero attached hydrogens (tertiary/aromatic N) is 1. The lowest BCUT2D eigenvalue weighted by molar-refractivity contribution is 0.358. The van der Waals surface area contributed by atoms with E-state index in [0.29, 0.717) is 5.92 Å². The predicted molar refractivity (Wildman–Crippen MR) is 57.9 cm³/mol. The van der Waals surface area contributed by atoms with Crippen molar-refractivity contribution in [2.75, 3.05) is 7.05 Å². The number of nitrogens with one attached hydrogen (secondary N) is 1. The van der Waals surface area contributed by atoms with Gasteiger partial charge in [-0.15, -0.1) is 0 Å². The van der Waals surface area contributed by atoms with E-state index >= 15 is 0 Å². The van der Waals surface area contributed by atoms with Gasteiger partial charge >= 0.3 is 0 Å². The van der Waals surface area contributed by atoms with Crippen molar-refractivity contribution in [2.24, 2.45) is 11.8 Å². The van der Waals surface area contributed by atoms with Crippen LogP contribution in [0.4, 0.5) is 4.39 Å². The van der Waals surface area contributed by atoms with Crippen LogP contribution in [0.25, 0.3) is 0 Å². The molecule has 1 aromatic heterocycles. The van der Waals surface area contributed by atoms with Gasteiger partial charge in [-0.05, 0) is 37.8 Å². The lowest BCUT2D eigenvalue weighted by Crippen LogP contribution is -2.25. The Morgan fingerprint density at radius 3 is 2.80 bits per heavy atom. The normalized spacial score (nSPS) is 19.9. The van der Waals surface area contributed by atoms with Crippen LogP contribution in [-0.2, 0) is 0 Å². The molecular weight excluding hydrogens is 191 g/mol. The second-order valence-corrected chi connectivity index (χ2v) is 4.36. The Morgan fingerprint density at radius 2 is 2.27 bits per heavy atom. The fourth-order valence-electron chi connectivity index (χ4n) is 2.23. The summed E-state index contributed by atoms with van der Waals surface area (Å²) in [4.78, 5) is 3.78. The van der Waals surface area contributed by atoms with Crippen LogP contribution in [0.5, 0.6) is 0 Å². The second-order valence-electron chi connectivity index (χ2n) is 4.36. The van der Waals surface area contributed by atoms with Crippen molar-refractivity contribution in [1.29, 1.82) is 0 Å². The van der Waals surface area contributed by atoms with Gasteiger partial charge in [0.05, 0.1) is 6.20 Å². The number of hydrogen-bond donors (Lipinski definition) is 1. The van der Waals surface area contributed by atoms with Crippen molar-refractivity contribution in [1.82, 2.24) is 10.3 Å². The zero-order valence-corrected chi connectivity index (χ0v) is 9.20. The Hall–Kier alpha value is -0.960. The van der Waals surface area contributed by atoms with E-state index < -0.39 is 0 Å². The largest absolute Gasteiger partial charge is 0.313 e. The fourth-order valence-corrected chi connectivity index (χ4v) is 2.23. The lowest BCUT2D eigenvalue weighted by atomic mass is 9.91. The Bertz CT molecular complexity index is 336. The number of pyridine rings is 1. The van der Waals surface area contributed by atoms with Crippen molar-refractivity contribution < 1.29 is 4.39 Å². The molecule has 1 aliphatic rings. The minimum atomic E-state index is -0.204. The van der Waals surface area contributed by atoms with E-state index in [9.17, 15) is 4.39 Å². The first-order valence-corrected chi connectivity index (χ1v) is 5.50. The molecule has 2 unspecified atom stereocenters. The van der Waals surface area contributed by atoms with E-state index in [2.05, 4.69) is 17.2 Å².